The van der Waals surface area contributed by atoms with E-state index in [0.29, 0.717) is 17.3 Å². The van der Waals surface area contributed by atoms with Gasteiger partial charge in [-0.3, -0.25) is 10.1 Å². The number of benzene rings is 2. The Balaban J connectivity index is 1.65. The number of aromatic nitrogens is 1. The van der Waals surface area contributed by atoms with Gasteiger partial charge in [0.2, 0.25) is 5.88 Å². The van der Waals surface area contributed by atoms with Gasteiger partial charge < -0.3 is 9.26 Å². The van der Waals surface area contributed by atoms with Crippen molar-refractivity contribution < 1.29 is 14.1 Å². The molecule has 26 heavy (non-hydrogen) atoms. The van der Waals surface area contributed by atoms with Crippen LogP contribution >= 0.6 is 0 Å². The van der Waals surface area contributed by atoms with Gasteiger partial charge in [0.15, 0.2) is 6.10 Å². The van der Waals surface area contributed by atoms with Crippen LogP contribution in [0.15, 0.2) is 53.1 Å². The standard InChI is InChI=1S/C21H22N2O3/c1-13-5-7-17(8-6-13)19-12-20(26-23-19)22-21(24)16(4)25-18-10-14(2)9-15(3)11-18/h5-12,16H,1-4H3,(H,22,24)/t16-/m1/s1. The van der Waals surface area contributed by atoms with Crippen molar-refractivity contribution in [3.8, 4) is 17.0 Å². The van der Waals surface area contributed by atoms with E-state index in [1.54, 1.807) is 13.0 Å². The predicted molar refractivity (Wildman–Crippen MR) is 101 cm³/mol. The van der Waals surface area contributed by atoms with Crippen LogP contribution in [0.25, 0.3) is 11.3 Å². The topological polar surface area (TPSA) is 64.4 Å². The van der Waals surface area contributed by atoms with E-state index >= 15 is 0 Å². The molecule has 1 N–H and O–H groups in total. The first-order chi connectivity index (χ1) is 12.4. The number of nitrogens with one attached hydrogen (secondary N) is 1. The Hall–Kier alpha value is -3.08. The van der Waals surface area contributed by atoms with Gasteiger partial charge in [-0.2, -0.15) is 0 Å². The van der Waals surface area contributed by atoms with E-state index < -0.39 is 6.10 Å². The molecular formula is C21H22N2O3. The molecule has 3 aromatic rings. The van der Waals surface area contributed by atoms with Crippen LogP contribution in [-0.2, 0) is 4.79 Å². The molecule has 5 heteroatoms. The van der Waals surface area contributed by atoms with Crippen LogP contribution in [0, 0.1) is 20.8 Å². The second-order valence-corrected chi connectivity index (χ2v) is 6.52. The summed E-state index contributed by atoms with van der Waals surface area (Å²) in [4.78, 5) is 12.4. The molecule has 134 valence electrons. The molecule has 1 aromatic heterocycles. The van der Waals surface area contributed by atoms with Crippen LogP contribution in [0.1, 0.15) is 23.6 Å². The molecular weight excluding hydrogens is 328 g/mol. The Morgan fingerprint density at radius 1 is 1.00 bits per heavy atom. The molecule has 0 aliphatic heterocycles. The summed E-state index contributed by atoms with van der Waals surface area (Å²) in [5, 5.41) is 6.70. The minimum atomic E-state index is -0.663. The fourth-order valence-electron chi connectivity index (χ4n) is 2.68. The molecule has 2 aromatic carbocycles. The summed E-state index contributed by atoms with van der Waals surface area (Å²) in [7, 11) is 0. The first kappa shape index (κ1) is 17.7. The second-order valence-electron chi connectivity index (χ2n) is 6.52. The lowest BCUT2D eigenvalue weighted by molar-refractivity contribution is -0.122. The zero-order chi connectivity index (χ0) is 18.7. The third-order valence-electron chi connectivity index (χ3n) is 3.98. The van der Waals surface area contributed by atoms with E-state index in [-0.39, 0.29) is 5.91 Å². The van der Waals surface area contributed by atoms with Crippen LogP contribution in [-0.4, -0.2) is 17.2 Å². The van der Waals surface area contributed by atoms with Gasteiger partial charge in [-0.25, -0.2) is 0 Å². The monoisotopic (exact) mass is 350 g/mol. The maximum atomic E-state index is 12.4. The van der Waals surface area contributed by atoms with Gasteiger partial charge >= 0.3 is 0 Å². The van der Waals surface area contributed by atoms with Gasteiger partial charge in [-0.05, 0) is 51.0 Å². The Bertz CT molecular complexity index is 893. The average Bonchev–Trinajstić information content (AvgIpc) is 3.03. The van der Waals surface area contributed by atoms with E-state index in [0.717, 1.165) is 16.7 Å². The highest BCUT2D eigenvalue weighted by Gasteiger charge is 2.17. The quantitative estimate of drug-likeness (QED) is 0.726. The molecule has 0 bridgehead atoms. The van der Waals surface area contributed by atoms with Crippen molar-refractivity contribution in [3.05, 3.63) is 65.2 Å². The molecule has 0 saturated carbocycles. The SMILES string of the molecule is Cc1ccc(-c2cc(NC(=O)[C@@H](C)Oc3cc(C)cc(C)c3)on2)cc1. The Labute approximate surface area is 153 Å². The van der Waals surface area contributed by atoms with Crippen molar-refractivity contribution >= 4 is 11.8 Å². The summed E-state index contributed by atoms with van der Waals surface area (Å²) in [6, 6.07) is 15.5. The Morgan fingerprint density at radius 2 is 1.65 bits per heavy atom. The third kappa shape index (κ3) is 4.30. The van der Waals surface area contributed by atoms with Gasteiger partial charge in [0.1, 0.15) is 11.4 Å². The number of carbonyl (C=O) groups excluding carboxylic acids is 1. The van der Waals surface area contributed by atoms with Gasteiger partial charge in [0, 0.05) is 11.6 Å². The molecule has 0 aliphatic carbocycles. The molecule has 0 radical (unpaired) electrons. The minimum absolute atomic E-state index is 0.293. The summed E-state index contributed by atoms with van der Waals surface area (Å²) in [5.41, 5.74) is 4.95. The normalized spacial score (nSPS) is 11.8. The minimum Gasteiger partial charge on any atom is -0.481 e. The zero-order valence-corrected chi connectivity index (χ0v) is 15.4. The fraction of sp³-hybridized carbons (Fsp3) is 0.238. The summed E-state index contributed by atoms with van der Waals surface area (Å²) < 4.78 is 11.0. The molecule has 0 aliphatic rings. The van der Waals surface area contributed by atoms with Crippen LogP contribution in [0.2, 0.25) is 0 Å². The lowest BCUT2D eigenvalue weighted by atomic mass is 10.1. The van der Waals surface area contributed by atoms with E-state index in [1.807, 2.05) is 57.2 Å². The van der Waals surface area contributed by atoms with Crippen molar-refractivity contribution in [1.29, 1.82) is 0 Å². The van der Waals surface area contributed by atoms with Gasteiger partial charge in [0.05, 0.1) is 0 Å². The number of rotatable bonds is 5. The van der Waals surface area contributed by atoms with Crippen molar-refractivity contribution in [2.24, 2.45) is 0 Å². The summed E-state index contributed by atoms with van der Waals surface area (Å²) >= 11 is 0. The highest BCUT2D eigenvalue weighted by atomic mass is 16.5. The van der Waals surface area contributed by atoms with Crippen LogP contribution in [0.3, 0.4) is 0 Å². The molecule has 1 heterocycles. The summed E-state index contributed by atoms with van der Waals surface area (Å²) in [6.07, 6.45) is -0.663. The number of hydrogen-bond donors (Lipinski definition) is 1. The zero-order valence-electron chi connectivity index (χ0n) is 15.4. The molecule has 5 nitrogen and oxygen atoms in total. The average molecular weight is 350 g/mol. The van der Waals surface area contributed by atoms with Crippen molar-refractivity contribution in [1.82, 2.24) is 5.16 Å². The lowest BCUT2D eigenvalue weighted by Crippen LogP contribution is -2.30. The number of ether oxygens (including phenoxy) is 1. The summed E-state index contributed by atoms with van der Waals surface area (Å²) in [5.74, 6) is 0.667. The largest absolute Gasteiger partial charge is 0.481 e. The molecule has 0 saturated heterocycles. The maximum absolute atomic E-state index is 12.4. The number of hydrogen-bond acceptors (Lipinski definition) is 4. The van der Waals surface area contributed by atoms with E-state index in [1.165, 1.54) is 5.56 Å². The van der Waals surface area contributed by atoms with Crippen LogP contribution in [0.4, 0.5) is 5.88 Å². The molecule has 0 fully saturated rings. The van der Waals surface area contributed by atoms with E-state index in [4.69, 9.17) is 9.26 Å². The molecule has 1 amide bonds. The Kier molecular flexibility index (Phi) is 5.07. The van der Waals surface area contributed by atoms with Gasteiger partial charge in [-0.1, -0.05) is 41.1 Å². The lowest BCUT2D eigenvalue weighted by Gasteiger charge is -2.14. The van der Waals surface area contributed by atoms with E-state index in [9.17, 15) is 4.79 Å². The van der Waals surface area contributed by atoms with Gasteiger partial charge in [-0.15, -0.1) is 0 Å². The number of anilines is 1. The highest BCUT2D eigenvalue weighted by Crippen LogP contribution is 2.23. The number of aryl methyl sites for hydroxylation is 3. The Morgan fingerprint density at radius 3 is 2.31 bits per heavy atom. The summed E-state index contributed by atoms with van der Waals surface area (Å²) in [6.45, 7) is 7.71. The maximum Gasteiger partial charge on any atom is 0.267 e. The third-order valence-corrected chi connectivity index (χ3v) is 3.98. The number of carbonyl (C=O) groups is 1. The highest BCUT2D eigenvalue weighted by molar-refractivity contribution is 5.93. The number of amides is 1. The molecule has 0 spiro atoms. The van der Waals surface area contributed by atoms with Crippen molar-refractivity contribution in [3.63, 3.8) is 0 Å². The number of nitrogens with zero attached hydrogens (tertiary/aromatic N) is 1. The smallest absolute Gasteiger partial charge is 0.267 e. The predicted octanol–water partition coefficient (Wildman–Crippen LogP) is 4.67. The second kappa shape index (κ2) is 7.44. The van der Waals surface area contributed by atoms with Gasteiger partial charge in [0.25, 0.3) is 5.91 Å². The molecule has 3 rings (SSSR count). The van der Waals surface area contributed by atoms with Crippen molar-refractivity contribution in [2.45, 2.75) is 33.8 Å². The van der Waals surface area contributed by atoms with Crippen LogP contribution in [0.5, 0.6) is 5.75 Å². The van der Waals surface area contributed by atoms with Crippen molar-refractivity contribution in [2.75, 3.05) is 5.32 Å². The van der Waals surface area contributed by atoms with Crippen LogP contribution < -0.4 is 10.1 Å². The van der Waals surface area contributed by atoms with E-state index in [2.05, 4.69) is 16.5 Å². The molecule has 1 atom stereocenters. The fourth-order valence-corrected chi connectivity index (χ4v) is 2.68. The first-order valence-electron chi connectivity index (χ1n) is 8.50. The molecule has 0 unspecified atom stereocenters. The first-order valence-corrected chi connectivity index (χ1v) is 8.50.